The van der Waals surface area contributed by atoms with E-state index in [0.29, 0.717) is 6.54 Å². The van der Waals surface area contributed by atoms with E-state index in [0.717, 1.165) is 0 Å². The van der Waals surface area contributed by atoms with E-state index in [1.165, 1.54) is 0 Å². The summed E-state index contributed by atoms with van der Waals surface area (Å²) < 4.78 is 27.9. The maximum absolute atomic E-state index is 11.8. The van der Waals surface area contributed by atoms with Crippen LogP contribution in [-0.4, -0.2) is 26.8 Å². The van der Waals surface area contributed by atoms with Crippen LogP contribution in [-0.2, 0) is 4.74 Å². The molecule has 0 bridgehead atoms. The Morgan fingerprint density at radius 2 is 1.85 bits per heavy atom. The Bertz CT molecular complexity index is 134. The van der Waals surface area contributed by atoms with Crippen LogP contribution in [0.3, 0.4) is 0 Å². The minimum Gasteiger partial charge on any atom is -0.323 e. The SMILES string of the molecule is CNCC(COC(F)F)C(C)(C)C. The van der Waals surface area contributed by atoms with Gasteiger partial charge in [-0.3, -0.25) is 0 Å². The quantitative estimate of drug-likeness (QED) is 0.725. The summed E-state index contributed by atoms with van der Waals surface area (Å²) in [7, 11) is 1.81. The number of halogens is 2. The fourth-order valence-corrected chi connectivity index (χ4v) is 1.05. The summed E-state index contributed by atoms with van der Waals surface area (Å²) in [5.74, 6) is 0.103. The van der Waals surface area contributed by atoms with Gasteiger partial charge in [-0.2, -0.15) is 8.78 Å². The second-order valence-corrected chi connectivity index (χ2v) is 4.21. The van der Waals surface area contributed by atoms with Crippen LogP contribution >= 0.6 is 0 Å². The average Bonchev–Trinajstić information content (AvgIpc) is 1.95. The first kappa shape index (κ1) is 12.8. The Kier molecular flexibility index (Phi) is 5.40. The third-order valence-corrected chi connectivity index (χ3v) is 2.10. The van der Waals surface area contributed by atoms with Crippen LogP contribution in [0.15, 0.2) is 0 Å². The number of hydrogen-bond donors (Lipinski definition) is 1. The lowest BCUT2D eigenvalue weighted by atomic mass is 9.81. The molecular formula is C9H19F2NO. The van der Waals surface area contributed by atoms with Gasteiger partial charge in [-0.05, 0) is 18.4 Å². The summed E-state index contributed by atoms with van der Waals surface area (Å²) in [6, 6.07) is 0. The van der Waals surface area contributed by atoms with Crippen molar-refractivity contribution in [1.29, 1.82) is 0 Å². The Balaban J connectivity index is 3.95. The Morgan fingerprint density at radius 3 is 2.15 bits per heavy atom. The zero-order chi connectivity index (χ0) is 10.5. The van der Waals surface area contributed by atoms with Gasteiger partial charge < -0.3 is 10.1 Å². The molecule has 0 saturated carbocycles. The van der Waals surface area contributed by atoms with Gasteiger partial charge in [0.1, 0.15) is 0 Å². The van der Waals surface area contributed by atoms with E-state index in [2.05, 4.69) is 10.1 Å². The minimum absolute atomic E-state index is 0.0160. The molecule has 0 aromatic rings. The van der Waals surface area contributed by atoms with E-state index in [-0.39, 0.29) is 17.9 Å². The Labute approximate surface area is 78.7 Å². The number of rotatable bonds is 5. The van der Waals surface area contributed by atoms with Crippen LogP contribution in [0.4, 0.5) is 8.78 Å². The highest BCUT2D eigenvalue weighted by atomic mass is 19.3. The van der Waals surface area contributed by atoms with Gasteiger partial charge in [0.05, 0.1) is 6.61 Å². The molecule has 0 saturated heterocycles. The molecule has 1 atom stereocenters. The highest BCUT2D eigenvalue weighted by molar-refractivity contribution is 4.75. The van der Waals surface area contributed by atoms with E-state index in [1.807, 2.05) is 20.8 Å². The summed E-state index contributed by atoms with van der Waals surface area (Å²) in [5.41, 5.74) is -0.0160. The molecule has 80 valence electrons. The lowest BCUT2D eigenvalue weighted by Crippen LogP contribution is -2.34. The molecule has 2 nitrogen and oxygen atoms in total. The first-order chi connectivity index (χ1) is 5.88. The molecule has 0 fully saturated rings. The highest BCUT2D eigenvalue weighted by Gasteiger charge is 2.25. The predicted molar refractivity (Wildman–Crippen MR) is 48.8 cm³/mol. The number of nitrogens with one attached hydrogen (secondary N) is 1. The van der Waals surface area contributed by atoms with E-state index < -0.39 is 6.61 Å². The molecule has 1 unspecified atom stereocenters. The predicted octanol–water partition coefficient (Wildman–Crippen LogP) is 2.11. The smallest absolute Gasteiger partial charge is 0.323 e. The second kappa shape index (κ2) is 5.50. The Morgan fingerprint density at radius 1 is 1.31 bits per heavy atom. The monoisotopic (exact) mass is 195 g/mol. The van der Waals surface area contributed by atoms with Gasteiger partial charge >= 0.3 is 6.61 Å². The van der Waals surface area contributed by atoms with Crippen molar-refractivity contribution in [2.24, 2.45) is 11.3 Å². The molecule has 1 N–H and O–H groups in total. The van der Waals surface area contributed by atoms with Crippen molar-refractivity contribution in [1.82, 2.24) is 5.32 Å². The van der Waals surface area contributed by atoms with Crippen molar-refractivity contribution in [3.8, 4) is 0 Å². The van der Waals surface area contributed by atoms with Crippen molar-refractivity contribution in [2.75, 3.05) is 20.2 Å². The molecule has 4 heteroatoms. The molecule has 0 aromatic heterocycles. The number of ether oxygens (including phenoxy) is 1. The maximum Gasteiger partial charge on any atom is 0.345 e. The zero-order valence-electron chi connectivity index (χ0n) is 8.73. The van der Waals surface area contributed by atoms with Gasteiger partial charge in [0, 0.05) is 6.54 Å². The van der Waals surface area contributed by atoms with Crippen LogP contribution in [0.5, 0.6) is 0 Å². The average molecular weight is 195 g/mol. The second-order valence-electron chi connectivity index (χ2n) is 4.21. The van der Waals surface area contributed by atoms with Crippen molar-refractivity contribution in [2.45, 2.75) is 27.4 Å². The fourth-order valence-electron chi connectivity index (χ4n) is 1.05. The molecule has 0 heterocycles. The topological polar surface area (TPSA) is 21.3 Å². The van der Waals surface area contributed by atoms with Crippen molar-refractivity contribution in [3.05, 3.63) is 0 Å². The molecule has 13 heavy (non-hydrogen) atoms. The molecule has 0 rings (SSSR count). The number of alkyl halides is 2. The minimum atomic E-state index is -2.67. The van der Waals surface area contributed by atoms with E-state index in [1.54, 1.807) is 7.05 Å². The summed E-state index contributed by atoms with van der Waals surface area (Å²) in [4.78, 5) is 0. The molecule has 0 radical (unpaired) electrons. The Hall–Kier alpha value is -0.220. The van der Waals surface area contributed by atoms with Crippen molar-refractivity contribution in [3.63, 3.8) is 0 Å². The molecule has 0 aliphatic rings. The maximum atomic E-state index is 11.8. The molecule has 0 aromatic carbocycles. The summed E-state index contributed by atoms with van der Waals surface area (Å²) in [5, 5.41) is 2.97. The van der Waals surface area contributed by atoms with Crippen LogP contribution < -0.4 is 5.32 Å². The van der Waals surface area contributed by atoms with Gasteiger partial charge in [0.15, 0.2) is 0 Å². The van der Waals surface area contributed by atoms with Crippen molar-refractivity contribution < 1.29 is 13.5 Å². The first-order valence-electron chi connectivity index (χ1n) is 4.42. The van der Waals surface area contributed by atoms with Crippen molar-refractivity contribution >= 4 is 0 Å². The first-order valence-corrected chi connectivity index (χ1v) is 4.42. The normalized spacial score (nSPS) is 15.0. The van der Waals surface area contributed by atoms with Gasteiger partial charge in [-0.1, -0.05) is 20.8 Å². The third kappa shape index (κ3) is 5.93. The van der Waals surface area contributed by atoms with Gasteiger partial charge in [0.25, 0.3) is 0 Å². The third-order valence-electron chi connectivity index (χ3n) is 2.10. The van der Waals surface area contributed by atoms with Crippen LogP contribution in [0.2, 0.25) is 0 Å². The number of hydrogen-bond acceptors (Lipinski definition) is 2. The van der Waals surface area contributed by atoms with Crippen LogP contribution in [0, 0.1) is 11.3 Å². The van der Waals surface area contributed by atoms with Crippen LogP contribution in [0.25, 0.3) is 0 Å². The largest absolute Gasteiger partial charge is 0.345 e. The van der Waals surface area contributed by atoms with E-state index >= 15 is 0 Å². The van der Waals surface area contributed by atoms with E-state index in [9.17, 15) is 8.78 Å². The molecular weight excluding hydrogens is 176 g/mol. The summed E-state index contributed by atoms with van der Waals surface area (Å²) in [6.45, 7) is 4.18. The standard InChI is InChI=1S/C9H19F2NO/c1-9(2,3)7(5-12-4)6-13-8(10)11/h7-8,12H,5-6H2,1-4H3. The van der Waals surface area contributed by atoms with Crippen LogP contribution in [0.1, 0.15) is 20.8 Å². The molecule has 0 amide bonds. The lowest BCUT2D eigenvalue weighted by molar-refractivity contribution is -0.145. The summed E-state index contributed by atoms with van der Waals surface area (Å²) in [6.07, 6.45) is 0. The van der Waals surface area contributed by atoms with Gasteiger partial charge in [0.2, 0.25) is 0 Å². The highest BCUT2D eigenvalue weighted by Crippen LogP contribution is 2.25. The fraction of sp³-hybridized carbons (Fsp3) is 1.00. The molecule has 0 aliphatic carbocycles. The molecule has 0 aliphatic heterocycles. The lowest BCUT2D eigenvalue weighted by Gasteiger charge is -2.30. The van der Waals surface area contributed by atoms with Gasteiger partial charge in [-0.15, -0.1) is 0 Å². The van der Waals surface area contributed by atoms with Gasteiger partial charge in [-0.25, -0.2) is 0 Å². The molecule has 0 spiro atoms. The van der Waals surface area contributed by atoms with E-state index in [4.69, 9.17) is 0 Å². The zero-order valence-corrected chi connectivity index (χ0v) is 8.73. The summed E-state index contributed by atoms with van der Waals surface area (Å²) >= 11 is 0.